The first-order valence-electron chi connectivity index (χ1n) is 5.06. The van der Waals surface area contributed by atoms with Crippen molar-refractivity contribution < 1.29 is 9.53 Å². The van der Waals surface area contributed by atoms with Gasteiger partial charge < -0.3 is 4.74 Å². The van der Waals surface area contributed by atoms with Crippen molar-refractivity contribution in [2.45, 2.75) is 13.3 Å². The molecular weight excluding hydrogens is 212 g/mol. The van der Waals surface area contributed by atoms with E-state index in [0.29, 0.717) is 18.2 Å². The van der Waals surface area contributed by atoms with Gasteiger partial charge in [-0.3, -0.25) is 4.79 Å². The molecule has 1 aliphatic heterocycles. The van der Waals surface area contributed by atoms with E-state index in [0.717, 1.165) is 17.5 Å². The van der Waals surface area contributed by atoms with Gasteiger partial charge in [0.2, 0.25) is 0 Å². The number of hydrogen-bond acceptors (Lipinski definition) is 2. The van der Waals surface area contributed by atoms with Crippen molar-refractivity contribution in [2.75, 3.05) is 13.2 Å². The Morgan fingerprint density at radius 2 is 2.33 bits per heavy atom. The van der Waals surface area contributed by atoms with Crippen LogP contribution in [0.2, 0.25) is 5.02 Å². The highest BCUT2D eigenvalue weighted by atomic mass is 35.5. The first-order valence-corrected chi connectivity index (χ1v) is 5.44. The monoisotopic (exact) mass is 224 g/mol. The van der Waals surface area contributed by atoms with Gasteiger partial charge in [-0.05, 0) is 31.0 Å². The van der Waals surface area contributed by atoms with Gasteiger partial charge in [-0.15, -0.1) is 0 Å². The molecule has 1 fully saturated rings. The number of hydrogen-bond donors (Lipinski definition) is 0. The van der Waals surface area contributed by atoms with Crippen molar-refractivity contribution in [3.8, 4) is 0 Å². The second kappa shape index (κ2) is 4.33. The van der Waals surface area contributed by atoms with Gasteiger partial charge in [0.05, 0.1) is 6.61 Å². The minimum Gasteiger partial charge on any atom is -0.381 e. The zero-order valence-corrected chi connectivity index (χ0v) is 9.38. The minimum atomic E-state index is 0.0159. The molecule has 1 saturated heterocycles. The molecule has 2 nitrogen and oxygen atoms in total. The van der Waals surface area contributed by atoms with E-state index in [2.05, 4.69) is 0 Å². The lowest BCUT2D eigenvalue weighted by atomic mass is 9.94. The zero-order chi connectivity index (χ0) is 10.8. The summed E-state index contributed by atoms with van der Waals surface area (Å²) in [5.41, 5.74) is 1.72. The van der Waals surface area contributed by atoms with Crippen LogP contribution in [0, 0.1) is 12.8 Å². The van der Waals surface area contributed by atoms with Crippen LogP contribution < -0.4 is 0 Å². The van der Waals surface area contributed by atoms with E-state index in [1.807, 2.05) is 13.0 Å². The summed E-state index contributed by atoms with van der Waals surface area (Å²) >= 11 is 5.88. The summed E-state index contributed by atoms with van der Waals surface area (Å²) in [7, 11) is 0. The van der Waals surface area contributed by atoms with Crippen molar-refractivity contribution >= 4 is 17.4 Å². The predicted molar refractivity (Wildman–Crippen MR) is 59.4 cm³/mol. The van der Waals surface area contributed by atoms with Crippen molar-refractivity contribution in [2.24, 2.45) is 5.92 Å². The molecule has 3 heteroatoms. The molecule has 1 heterocycles. The largest absolute Gasteiger partial charge is 0.381 e. The summed E-state index contributed by atoms with van der Waals surface area (Å²) in [4.78, 5) is 12.1. The number of aryl methyl sites for hydroxylation is 1. The van der Waals surface area contributed by atoms with Crippen molar-refractivity contribution in [3.05, 3.63) is 34.3 Å². The number of rotatable bonds is 2. The van der Waals surface area contributed by atoms with Crippen LogP contribution in [-0.4, -0.2) is 19.0 Å². The van der Waals surface area contributed by atoms with Gasteiger partial charge in [-0.2, -0.15) is 0 Å². The number of benzene rings is 1. The summed E-state index contributed by atoms with van der Waals surface area (Å²) in [5.74, 6) is 0.176. The molecule has 0 spiro atoms. The van der Waals surface area contributed by atoms with Crippen LogP contribution in [0.15, 0.2) is 18.2 Å². The highest BCUT2D eigenvalue weighted by Crippen LogP contribution is 2.23. The normalized spacial score (nSPS) is 20.5. The van der Waals surface area contributed by atoms with Gasteiger partial charge in [0, 0.05) is 23.1 Å². The molecule has 1 aliphatic rings. The fourth-order valence-corrected chi connectivity index (χ4v) is 1.99. The van der Waals surface area contributed by atoms with E-state index in [1.165, 1.54) is 0 Å². The highest BCUT2D eigenvalue weighted by Gasteiger charge is 2.25. The number of carbonyl (C=O) groups is 1. The summed E-state index contributed by atoms with van der Waals surface area (Å²) in [5, 5.41) is 0.614. The Balaban J connectivity index is 2.27. The Morgan fingerprint density at radius 3 is 3.00 bits per heavy atom. The van der Waals surface area contributed by atoms with Gasteiger partial charge in [-0.25, -0.2) is 0 Å². The van der Waals surface area contributed by atoms with E-state index in [9.17, 15) is 4.79 Å². The number of halogens is 1. The van der Waals surface area contributed by atoms with E-state index in [4.69, 9.17) is 16.3 Å². The molecule has 0 aliphatic carbocycles. The Kier molecular flexibility index (Phi) is 3.08. The smallest absolute Gasteiger partial charge is 0.168 e. The summed E-state index contributed by atoms with van der Waals surface area (Å²) in [6.45, 7) is 3.17. The van der Waals surface area contributed by atoms with Gasteiger partial charge in [0.25, 0.3) is 0 Å². The third-order valence-corrected chi connectivity index (χ3v) is 3.00. The fourth-order valence-electron chi connectivity index (χ4n) is 1.82. The maximum absolute atomic E-state index is 12.1. The lowest BCUT2D eigenvalue weighted by molar-refractivity contribution is 0.0899. The van der Waals surface area contributed by atoms with Gasteiger partial charge in [0.1, 0.15) is 0 Å². The number of ether oxygens (including phenoxy) is 1. The molecule has 0 radical (unpaired) electrons. The third kappa shape index (κ3) is 2.21. The molecule has 1 unspecified atom stereocenters. The Labute approximate surface area is 94.2 Å². The Morgan fingerprint density at radius 1 is 1.53 bits per heavy atom. The van der Waals surface area contributed by atoms with Crippen LogP contribution in [0.4, 0.5) is 0 Å². The average molecular weight is 225 g/mol. The molecule has 15 heavy (non-hydrogen) atoms. The van der Waals surface area contributed by atoms with Gasteiger partial charge >= 0.3 is 0 Å². The first kappa shape index (κ1) is 10.7. The number of carbonyl (C=O) groups excluding carboxylic acids is 1. The maximum atomic E-state index is 12.1. The fraction of sp³-hybridized carbons (Fsp3) is 0.417. The second-order valence-electron chi connectivity index (χ2n) is 3.88. The molecule has 0 N–H and O–H groups in total. The van der Waals surface area contributed by atoms with Crippen LogP contribution in [0.5, 0.6) is 0 Å². The number of Topliss-reactive ketones (excluding diaryl/α,β-unsaturated/α-hetero) is 1. The van der Waals surface area contributed by atoms with E-state index in [1.54, 1.807) is 12.1 Å². The molecular formula is C12H13ClO2. The third-order valence-electron chi connectivity index (χ3n) is 2.77. The predicted octanol–water partition coefficient (Wildman–Crippen LogP) is 2.87. The molecule has 1 aromatic rings. The summed E-state index contributed by atoms with van der Waals surface area (Å²) < 4.78 is 5.22. The number of ketones is 1. The van der Waals surface area contributed by atoms with Crippen LogP contribution in [0.1, 0.15) is 22.3 Å². The molecule has 0 saturated carbocycles. The summed E-state index contributed by atoms with van der Waals surface area (Å²) in [6, 6.07) is 5.43. The SMILES string of the molecule is Cc1ccc(Cl)cc1C(=O)C1CCOC1. The molecule has 0 amide bonds. The van der Waals surface area contributed by atoms with E-state index < -0.39 is 0 Å². The molecule has 0 bridgehead atoms. The lowest BCUT2D eigenvalue weighted by Gasteiger charge is -2.09. The molecule has 1 aromatic carbocycles. The minimum absolute atomic E-state index is 0.0159. The average Bonchev–Trinajstić information content (AvgIpc) is 2.74. The maximum Gasteiger partial charge on any atom is 0.168 e. The molecule has 1 atom stereocenters. The first-order chi connectivity index (χ1) is 7.18. The Hall–Kier alpha value is -0.860. The molecule has 0 aromatic heterocycles. The Bertz CT molecular complexity index is 381. The van der Waals surface area contributed by atoms with Crippen LogP contribution in [0.25, 0.3) is 0 Å². The van der Waals surface area contributed by atoms with Crippen molar-refractivity contribution in [1.82, 2.24) is 0 Å². The van der Waals surface area contributed by atoms with Gasteiger partial charge in [-0.1, -0.05) is 17.7 Å². The zero-order valence-electron chi connectivity index (χ0n) is 8.63. The quantitative estimate of drug-likeness (QED) is 0.723. The molecule has 80 valence electrons. The van der Waals surface area contributed by atoms with Gasteiger partial charge in [0.15, 0.2) is 5.78 Å². The van der Waals surface area contributed by atoms with Crippen LogP contribution in [-0.2, 0) is 4.74 Å². The van der Waals surface area contributed by atoms with E-state index in [-0.39, 0.29) is 11.7 Å². The topological polar surface area (TPSA) is 26.3 Å². The van der Waals surface area contributed by atoms with Crippen LogP contribution >= 0.6 is 11.6 Å². The van der Waals surface area contributed by atoms with Crippen molar-refractivity contribution in [3.63, 3.8) is 0 Å². The highest BCUT2D eigenvalue weighted by molar-refractivity contribution is 6.31. The molecule has 2 rings (SSSR count). The lowest BCUT2D eigenvalue weighted by Crippen LogP contribution is -2.15. The standard InChI is InChI=1S/C12H13ClO2/c1-8-2-3-10(13)6-11(8)12(14)9-4-5-15-7-9/h2-3,6,9H,4-5,7H2,1H3. The van der Waals surface area contributed by atoms with Crippen LogP contribution in [0.3, 0.4) is 0 Å². The van der Waals surface area contributed by atoms with Crippen molar-refractivity contribution in [1.29, 1.82) is 0 Å². The summed E-state index contributed by atoms with van der Waals surface area (Å²) in [6.07, 6.45) is 0.824. The van der Waals surface area contributed by atoms with E-state index >= 15 is 0 Å². The second-order valence-corrected chi connectivity index (χ2v) is 4.32.